The molecule has 0 unspecified atom stereocenters. The van der Waals surface area contributed by atoms with Crippen LogP contribution in [0, 0.1) is 5.82 Å². The number of halogens is 1. The molecule has 0 bridgehead atoms. The number of carbonyl (C=O) groups excluding carboxylic acids is 1. The Morgan fingerprint density at radius 2 is 1.84 bits per heavy atom. The monoisotopic (exact) mass is 452 g/mol. The van der Waals surface area contributed by atoms with E-state index >= 15 is 0 Å². The molecule has 0 N–H and O–H groups in total. The van der Waals surface area contributed by atoms with Gasteiger partial charge in [-0.15, -0.1) is 21.5 Å². The highest BCUT2D eigenvalue weighted by molar-refractivity contribution is 7.99. The van der Waals surface area contributed by atoms with Gasteiger partial charge in [-0.3, -0.25) is 9.36 Å². The van der Waals surface area contributed by atoms with Crippen molar-refractivity contribution in [1.82, 2.24) is 19.7 Å². The fourth-order valence-electron chi connectivity index (χ4n) is 3.10. The molecule has 0 aliphatic heterocycles. The lowest BCUT2D eigenvalue weighted by atomic mass is 10.2. The van der Waals surface area contributed by atoms with Crippen LogP contribution < -0.4 is 0 Å². The third-order valence-electron chi connectivity index (χ3n) is 4.76. The number of carbonyl (C=O) groups is 1. The summed E-state index contributed by atoms with van der Waals surface area (Å²) in [6, 6.07) is 20.6. The van der Waals surface area contributed by atoms with Gasteiger partial charge in [0, 0.05) is 19.2 Å². The van der Waals surface area contributed by atoms with Crippen molar-refractivity contribution in [1.29, 1.82) is 0 Å². The van der Waals surface area contributed by atoms with E-state index < -0.39 is 0 Å². The quantitative estimate of drug-likeness (QED) is 0.355. The Kier molecular flexibility index (Phi) is 6.79. The van der Waals surface area contributed by atoms with Crippen LogP contribution in [0.25, 0.3) is 10.7 Å². The van der Waals surface area contributed by atoms with Crippen LogP contribution in [0.5, 0.6) is 0 Å². The Morgan fingerprint density at radius 1 is 1.06 bits per heavy atom. The van der Waals surface area contributed by atoms with Gasteiger partial charge in [0.1, 0.15) is 5.82 Å². The molecule has 0 aliphatic rings. The first-order valence-electron chi connectivity index (χ1n) is 9.73. The molecule has 2 heterocycles. The molecule has 158 valence electrons. The molecule has 0 fully saturated rings. The van der Waals surface area contributed by atoms with E-state index in [9.17, 15) is 9.18 Å². The maximum atomic E-state index is 13.9. The number of amides is 1. The number of hydrogen-bond acceptors (Lipinski definition) is 5. The van der Waals surface area contributed by atoms with Crippen LogP contribution in [-0.4, -0.2) is 38.4 Å². The summed E-state index contributed by atoms with van der Waals surface area (Å²) in [5, 5.41) is 11.4. The van der Waals surface area contributed by atoms with Crippen molar-refractivity contribution in [2.75, 3.05) is 12.8 Å². The predicted octanol–water partition coefficient (Wildman–Crippen LogP) is 4.94. The second-order valence-electron chi connectivity index (χ2n) is 6.99. The second kappa shape index (κ2) is 9.89. The van der Waals surface area contributed by atoms with Gasteiger partial charge in [0.25, 0.3) is 0 Å². The van der Waals surface area contributed by atoms with E-state index in [-0.39, 0.29) is 24.0 Å². The first kappa shape index (κ1) is 21.3. The maximum absolute atomic E-state index is 13.9. The van der Waals surface area contributed by atoms with Crippen molar-refractivity contribution in [3.8, 4) is 10.7 Å². The van der Waals surface area contributed by atoms with Crippen molar-refractivity contribution in [3.05, 3.63) is 89.1 Å². The summed E-state index contributed by atoms with van der Waals surface area (Å²) in [5.74, 6) is 0.578. The molecular formula is C23H21FN4OS2. The van der Waals surface area contributed by atoms with Crippen molar-refractivity contribution < 1.29 is 9.18 Å². The molecule has 0 radical (unpaired) electrons. The standard InChI is InChI=1S/C23H21FN4OS2/c1-27(15-18-10-5-6-11-19(18)24)21(29)16-31-23-26-25-22(20-12-7-13-30-20)28(23)14-17-8-3-2-4-9-17/h2-13H,14-16H2,1H3. The number of hydrogen-bond donors (Lipinski definition) is 0. The van der Waals surface area contributed by atoms with Gasteiger partial charge >= 0.3 is 0 Å². The Bertz CT molecular complexity index is 1150. The highest BCUT2D eigenvalue weighted by atomic mass is 32.2. The number of thiophene rings is 1. The Hall–Kier alpha value is -2.97. The number of nitrogens with zero attached hydrogens (tertiary/aromatic N) is 4. The number of benzene rings is 2. The minimum Gasteiger partial charge on any atom is -0.341 e. The lowest BCUT2D eigenvalue weighted by Gasteiger charge is -2.17. The Labute approximate surface area is 188 Å². The molecule has 0 saturated carbocycles. The second-order valence-corrected chi connectivity index (χ2v) is 8.88. The van der Waals surface area contributed by atoms with Crippen LogP contribution in [0.1, 0.15) is 11.1 Å². The van der Waals surface area contributed by atoms with E-state index in [2.05, 4.69) is 22.3 Å². The van der Waals surface area contributed by atoms with E-state index in [0.29, 0.717) is 17.3 Å². The number of thioether (sulfide) groups is 1. The van der Waals surface area contributed by atoms with Gasteiger partial charge in [-0.25, -0.2) is 4.39 Å². The molecule has 0 saturated heterocycles. The Balaban J connectivity index is 1.49. The van der Waals surface area contributed by atoms with E-state index in [4.69, 9.17) is 0 Å². The molecular weight excluding hydrogens is 431 g/mol. The maximum Gasteiger partial charge on any atom is 0.233 e. The van der Waals surface area contributed by atoms with Crippen LogP contribution in [0.15, 0.2) is 77.3 Å². The molecule has 2 aromatic carbocycles. The molecule has 0 spiro atoms. The normalized spacial score (nSPS) is 10.9. The number of aromatic nitrogens is 3. The third-order valence-corrected chi connectivity index (χ3v) is 6.58. The van der Waals surface area contributed by atoms with E-state index in [0.717, 1.165) is 16.3 Å². The van der Waals surface area contributed by atoms with E-state index in [1.807, 2.05) is 40.3 Å². The fourth-order valence-corrected chi connectivity index (χ4v) is 4.69. The summed E-state index contributed by atoms with van der Waals surface area (Å²) in [6.07, 6.45) is 0. The zero-order valence-corrected chi connectivity index (χ0v) is 18.6. The molecule has 8 heteroatoms. The van der Waals surface area contributed by atoms with Gasteiger partial charge < -0.3 is 4.90 Å². The average molecular weight is 453 g/mol. The van der Waals surface area contributed by atoms with Crippen LogP contribution in [0.2, 0.25) is 0 Å². The zero-order chi connectivity index (χ0) is 21.6. The van der Waals surface area contributed by atoms with Crippen molar-refractivity contribution in [2.45, 2.75) is 18.2 Å². The van der Waals surface area contributed by atoms with Crippen molar-refractivity contribution >= 4 is 29.0 Å². The third kappa shape index (κ3) is 5.21. The largest absolute Gasteiger partial charge is 0.341 e. The van der Waals surface area contributed by atoms with Crippen LogP contribution >= 0.6 is 23.1 Å². The summed E-state index contributed by atoms with van der Waals surface area (Å²) in [4.78, 5) is 15.2. The van der Waals surface area contributed by atoms with Gasteiger partial charge in [-0.1, -0.05) is 66.4 Å². The van der Waals surface area contributed by atoms with Gasteiger partial charge in [-0.2, -0.15) is 0 Å². The summed E-state index contributed by atoms with van der Waals surface area (Å²) in [6.45, 7) is 0.839. The average Bonchev–Trinajstić information content (AvgIpc) is 3.44. The van der Waals surface area contributed by atoms with E-state index in [1.165, 1.54) is 22.7 Å². The van der Waals surface area contributed by atoms with Gasteiger partial charge in [0.15, 0.2) is 11.0 Å². The highest BCUT2D eigenvalue weighted by Crippen LogP contribution is 2.28. The van der Waals surface area contributed by atoms with Gasteiger partial charge in [0.2, 0.25) is 5.91 Å². The first-order valence-corrected chi connectivity index (χ1v) is 11.6. The Morgan fingerprint density at radius 3 is 2.58 bits per heavy atom. The van der Waals surface area contributed by atoms with Crippen molar-refractivity contribution in [3.63, 3.8) is 0 Å². The highest BCUT2D eigenvalue weighted by Gasteiger charge is 2.18. The van der Waals surface area contributed by atoms with E-state index in [1.54, 1.807) is 36.6 Å². The first-order chi connectivity index (χ1) is 15.1. The summed E-state index contributed by atoms with van der Waals surface area (Å²) < 4.78 is 15.9. The minimum absolute atomic E-state index is 0.0970. The smallest absolute Gasteiger partial charge is 0.233 e. The lowest BCUT2D eigenvalue weighted by Crippen LogP contribution is -2.28. The molecule has 2 aromatic heterocycles. The molecule has 5 nitrogen and oxygen atoms in total. The molecule has 1 amide bonds. The van der Waals surface area contributed by atoms with Crippen molar-refractivity contribution in [2.24, 2.45) is 0 Å². The molecule has 0 atom stereocenters. The topological polar surface area (TPSA) is 51.0 Å². The molecule has 4 rings (SSSR count). The van der Waals surface area contributed by atoms with Gasteiger partial charge in [0.05, 0.1) is 17.2 Å². The summed E-state index contributed by atoms with van der Waals surface area (Å²) in [7, 11) is 1.68. The van der Waals surface area contributed by atoms with Gasteiger partial charge in [-0.05, 0) is 23.1 Å². The van der Waals surface area contributed by atoms with Crippen LogP contribution in [0.3, 0.4) is 0 Å². The SMILES string of the molecule is CN(Cc1ccccc1F)C(=O)CSc1nnc(-c2cccs2)n1Cc1ccccc1. The molecule has 31 heavy (non-hydrogen) atoms. The molecule has 4 aromatic rings. The summed E-state index contributed by atoms with van der Waals surface area (Å²) >= 11 is 2.95. The summed E-state index contributed by atoms with van der Waals surface area (Å²) in [5.41, 5.74) is 1.63. The lowest BCUT2D eigenvalue weighted by molar-refractivity contribution is -0.127. The van der Waals surface area contributed by atoms with Crippen LogP contribution in [0.4, 0.5) is 4.39 Å². The molecule has 0 aliphatic carbocycles. The minimum atomic E-state index is -0.307. The van der Waals surface area contributed by atoms with Crippen LogP contribution in [-0.2, 0) is 17.9 Å². The zero-order valence-electron chi connectivity index (χ0n) is 16.9. The predicted molar refractivity (Wildman–Crippen MR) is 122 cm³/mol. The fraction of sp³-hybridized carbons (Fsp3) is 0.174. The number of rotatable bonds is 8.